The van der Waals surface area contributed by atoms with E-state index in [-0.39, 0.29) is 0 Å². The van der Waals surface area contributed by atoms with E-state index in [1.54, 1.807) is 0 Å². The van der Waals surface area contributed by atoms with Crippen LogP contribution in [0.1, 0.15) is 43.4 Å². The highest BCUT2D eigenvalue weighted by Crippen LogP contribution is 2.40. The number of nitrogens with one attached hydrogen (secondary N) is 1. The number of rotatable bonds is 8. The number of benzene rings is 7. The van der Waals surface area contributed by atoms with Gasteiger partial charge in [0.05, 0.1) is 0 Å². The van der Waals surface area contributed by atoms with E-state index >= 15 is 0 Å². The molecular weight excluding hydrogens is 615 g/mol. The lowest BCUT2D eigenvalue weighted by Crippen LogP contribution is -2.07. The summed E-state index contributed by atoms with van der Waals surface area (Å²) in [6, 6.07) is 54.5. The van der Waals surface area contributed by atoms with Crippen LogP contribution in [0.4, 0.5) is 0 Å². The zero-order chi connectivity index (χ0) is 34.8. The van der Waals surface area contributed by atoms with E-state index in [1.165, 1.54) is 71.4 Å². The maximum atomic E-state index is 3.52. The minimum absolute atomic E-state index is 0.996. The fourth-order valence-corrected chi connectivity index (χ4v) is 6.99. The van der Waals surface area contributed by atoms with Crippen LogP contribution in [0.15, 0.2) is 194 Å². The molecule has 7 aromatic rings. The van der Waals surface area contributed by atoms with Crippen LogP contribution in [0, 0.1) is 0 Å². The Kier molecular flexibility index (Phi) is 10.5. The molecule has 1 aliphatic rings. The van der Waals surface area contributed by atoms with Crippen molar-refractivity contribution in [1.82, 2.24) is 5.32 Å². The highest BCUT2D eigenvalue weighted by molar-refractivity contribution is 6.28. The second-order valence-electron chi connectivity index (χ2n) is 12.5. The summed E-state index contributed by atoms with van der Waals surface area (Å²) < 4.78 is 0. The van der Waals surface area contributed by atoms with Crippen LogP contribution in [0.25, 0.3) is 60.7 Å². The largest absolute Gasteiger partial charge is 0.365 e. The number of fused-ring (bicyclic) bond motifs is 6. The molecule has 0 saturated carbocycles. The third kappa shape index (κ3) is 7.39. The molecule has 7 aromatic carbocycles. The summed E-state index contributed by atoms with van der Waals surface area (Å²) in [6.45, 7) is 4.00. The van der Waals surface area contributed by atoms with Gasteiger partial charge in [-0.25, -0.2) is 0 Å². The Balaban J connectivity index is 0.00000200. The molecule has 1 aliphatic carbocycles. The SMILES string of the molecule is C1=C(N/C=C/C=C(\C=C/c2ccccc2)c2ccc(-c3cccc4c5ccccc5c5ccccc5c34)cc2)CCC(c2ccccc2)=C1.CC. The van der Waals surface area contributed by atoms with Crippen molar-refractivity contribution < 1.29 is 0 Å². The summed E-state index contributed by atoms with van der Waals surface area (Å²) in [5, 5.41) is 11.3. The van der Waals surface area contributed by atoms with Crippen LogP contribution in [0.2, 0.25) is 0 Å². The summed E-state index contributed by atoms with van der Waals surface area (Å²) in [4.78, 5) is 0. The minimum Gasteiger partial charge on any atom is -0.365 e. The van der Waals surface area contributed by atoms with Crippen molar-refractivity contribution >= 4 is 49.5 Å². The highest BCUT2D eigenvalue weighted by Gasteiger charge is 2.13. The summed E-state index contributed by atoms with van der Waals surface area (Å²) >= 11 is 0. The van der Waals surface area contributed by atoms with Gasteiger partial charge in [-0.05, 0) is 96.3 Å². The van der Waals surface area contributed by atoms with Gasteiger partial charge in [-0.1, -0.05) is 190 Å². The Labute approximate surface area is 302 Å². The van der Waals surface area contributed by atoms with Crippen LogP contribution >= 0.6 is 0 Å². The van der Waals surface area contributed by atoms with Gasteiger partial charge in [-0.15, -0.1) is 0 Å². The molecule has 0 spiro atoms. The molecule has 8 rings (SSSR count). The second kappa shape index (κ2) is 16.0. The molecule has 0 saturated heterocycles. The molecule has 0 radical (unpaired) electrons. The van der Waals surface area contributed by atoms with Gasteiger partial charge in [-0.2, -0.15) is 0 Å². The summed E-state index contributed by atoms with van der Waals surface area (Å²) in [5.74, 6) is 0. The van der Waals surface area contributed by atoms with Crippen molar-refractivity contribution in [3.8, 4) is 11.1 Å². The van der Waals surface area contributed by atoms with Crippen molar-refractivity contribution in [1.29, 1.82) is 0 Å². The van der Waals surface area contributed by atoms with E-state index in [2.05, 4.69) is 193 Å². The smallest absolute Gasteiger partial charge is 0.0150 e. The predicted molar refractivity (Wildman–Crippen MR) is 223 cm³/mol. The Hall–Kier alpha value is -6.18. The maximum Gasteiger partial charge on any atom is 0.0150 e. The summed E-state index contributed by atoms with van der Waals surface area (Å²) in [6.07, 6.45) is 17.2. The van der Waals surface area contributed by atoms with E-state index in [9.17, 15) is 0 Å². The molecule has 0 aromatic heterocycles. The van der Waals surface area contributed by atoms with Crippen LogP contribution in [0.3, 0.4) is 0 Å². The van der Waals surface area contributed by atoms with E-state index in [0.717, 1.165) is 18.4 Å². The number of allylic oxidation sites excluding steroid dienone is 8. The molecule has 0 amide bonds. The molecule has 0 unspecified atom stereocenters. The average molecular weight is 658 g/mol. The molecule has 0 fully saturated rings. The zero-order valence-corrected chi connectivity index (χ0v) is 29.4. The van der Waals surface area contributed by atoms with Crippen molar-refractivity contribution in [3.05, 3.63) is 211 Å². The fourth-order valence-electron chi connectivity index (χ4n) is 6.99. The Morgan fingerprint density at radius 2 is 1.12 bits per heavy atom. The Morgan fingerprint density at radius 3 is 1.76 bits per heavy atom. The van der Waals surface area contributed by atoms with Crippen molar-refractivity contribution in [2.75, 3.05) is 0 Å². The Morgan fingerprint density at radius 1 is 0.529 bits per heavy atom. The second-order valence-corrected chi connectivity index (χ2v) is 12.5. The van der Waals surface area contributed by atoms with Gasteiger partial charge in [0.2, 0.25) is 0 Å². The van der Waals surface area contributed by atoms with Gasteiger partial charge in [0, 0.05) is 11.9 Å². The van der Waals surface area contributed by atoms with Gasteiger partial charge in [0.1, 0.15) is 0 Å². The minimum atomic E-state index is 0.996. The van der Waals surface area contributed by atoms with Crippen molar-refractivity contribution in [2.24, 2.45) is 0 Å². The maximum absolute atomic E-state index is 3.52. The van der Waals surface area contributed by atoms with Gasteiger partial charge in [-0.3, -0.25) is 0 Å². The topological polar surface area (TPSA) is 12.0 Å². The van der Waals surface area contributed by atoms with Crippen molar-refractivity contribution in [3.63, 3.8) is 0 Å². The molecule has 248 valence electrons. The standard InChI is InChI=1S/C48H37N.C2H6/c1-3-13-35(14-4-1)24-25-37(17-12-34-49-41-32-30-39(31-33-41)36-15-5-2-6-16-36)38-26-28-40(29-27-38)42-22-11-23-47-45-19-8-7-18-43(45)44-20-9-10-21-46(44)48(42)47;1-2/h1-30,32,34,49H,31,33H2;1-2H3/b25-24-,34-12+,37-17+;. The quantitative estimate of drug-likeness (QED) is 0.127. The van der Waals surface area contributed by atoms with E-state index in [1.807, 2.05) is 20.0 Å². The molecule has 0 heterocycles. The third-order valence-electron chi connectivity index (χ3n) is 9.49. The summed E-state index contributed by atoms with van der Waals surface area (Å²) in [7, 11) is 0. The Bertz CT molecular complexity index is 2380. The predicted octanol–water partition coefficient (Wildman–Crippen LogP) is 13.8. The van der Waals surface area contributed by atoms with Crippen LogP contribution in [-0.2, 0) is 0 Å². The molecule has 51 heavy (non-hydrogen) atoms. The molecule has 0 aliphatic heterocycles. The van der Waals surface area contributed by atoms with Gasteiger partial charge < -0.3 is 5.32 Å². The third-order valence-corrected chi connectivity index (χ3v) is 9.49. The van der Waals surface area contributed by atoms with E-state index < -0.39 is 0 Å². The van der Waals surface area contributed by atoms with E-state index in [4.69, 9.17) is 0 Å². The average Bonchev–Trinajstić information content (AvgIpc) is 3.22. The highest BCUT2D eigenvalue weighted by atomic mass is 14.8. The summed E-state index contributed by atoms with van der Waals surface area (Å²) in [5.41, 5.74) is 9.88. The molecule has 0 atom stereocenters. The van der Waals surface area contributed by atoms with Gasteiger partial charge >= 0.3 is 0 Å². The zero-order valence-electron chi connectivity index (χ0n) is 29.4. The lowest BCUT2D eigenvalue weighted by molar-refractivity contribution is 0.880. The van der Waals surface area contributed by atoms with Gasteiger partial charge in [0.15, 0.2) is 0 Å². The van der Waals surface area contributed by atoms with Crippen LogP contribution in [0.5, 0.6) is 0 Å². The molecule has 1 heteroatoms. The first-order valence-corrected chi connectivity index (χ1v) is 18.1. The first kappa shape index (κ1) is 33.3. The number of hydrogen-bond donors (Lipinski definition) is 1. The molecule has 1 N–H and O–H groups in total. The van der Waals surface area contributed by atoms with Crippen LogP contribution in [-0.4, -0.2) is 0 Å². The lowest BCUT2D eigenvalue weighted by Gasteiger charge is -2.15. The first-order chi connectivity index (χ1) is 25.3. The molecular formula is C50H43N. The lowest BCUT2D eigenvalue weighted by atomic mass is 9.89. The first-order valence-electron chi connectivity index (χ1n) is 18.1. The molecule has 1 nitrogen and oxygen atoms in total. The molecule has 0 bridgehead atoms. The monoisotopic (exact) mass is 657 g/mol. The normalized spacial score (nSPS) is 13.3. The number of hydrogen-bond acceptors (Lipinski definition) is 1. The van der Waals surface area contributed by atoms with E-state index in [0.29, 0.717) is 0 Å². The van der Waals surface area contributed by atoms with Crippen molar-refractivity contribution in [2.45, 2.75) is 26.7 Å². The van der Waals surface area contributed by atoms with Gasteiger partial charge in [0.25, 0.3) is 0 Å². The van der Waals surface area contributed by atoms with Crippen LogP contribution < -0.4 is 5.32 Å². The fraction of sp³-hybridized carbons (Fsp3) is 0.0800.